The van der Waals surface area contributed by atoms with Crippen molar-refractivity contribution < 1.29 is 4.39 Å². The van der Waals surface area contributed by atoms with E-state index >= 15 is 0 Å². The van der Waals surface area contributed by atoms with E-state index in [-0.39, 0.29) is 12.1 Å². The number of nitrogens with zero attached hydrogens (tertiary/aromatic N) is 1. The van der Waals surface area contributed by atoms with Crippen molar-refractivity contribution in [3.63, 3.8) is 0 Å². The van der Waals surface area contributed by atoms with E-state index in [1.807, 2.05) is 6.07 Å². The van der Waals surface area contributed by atoms with Crippen molar-refractivity contribution in [1.29, 1.82) is 5.26 Å². The first kappa shape index (κ1) is 7.55. The molecule has 1 aromatic carbocycles. The van der Waals surface area contributed by atoms with Gasteiger partial charge in [-0.2, -0.15) is 5.26 Å². The van der Waals surface area contributed by atoms with E-state index in [1.165, 1.54) is 6.07 Å². The minimum Gasteiger partial charge on any atom is -0.396 e. The average molecular weight is 150 g/mol. The van der Waals surface area contributed by atoms with Crippen molar-refractivity contribution in [3.8, 4) is 6.07 Å². The van der Waals surface area contributed by atoms with Crippen LogP contribution < -0.4 is 5.73 Å². The molecule has 0 aromatic heterocycles. The zero-order valence-corrected chi connectivity index (χ0v) is 5.84. The summed E-state index contributed by atoms with van der Waals surface area (Å²) in [5, 5.41) is 8.31. The van der Waals surface area contributed by atoms with Crippen molar-refractivity contribution in [3.05, 3.63) is 29.6 Å². The van der Waals surface area contributed by atoms with Crippen molar-refractivity contribution in [2.75, 3.05) is 5.73 Å². The zero-order valence-electron chi connectivity index (χ0n) is 5.84. The molecule has 56 valence electrons. The number of halogens is 1. The van der Waals surface area contributed by atoms with Gasteiger partial charge >= 0.3 is 0 Å². The highest BCUT2D eigenvalue weighted by atomic mass is 19.1. The summed E-state index contributed by atoms with van der Waals surface area (Å²) in [7, 11) is 0. The monoisotopic (exact) mass is 150 g/mol. The number of para-hydroxylation sites is 1. The van der Waals surface area contributed by atoms with Crippen LogP contribution in [0, 0.1) is 17.1 Å². The normalized spacial score (nSPS) is 9.09. The molecule has 0 saturated heterocycles. The topological polar surface area (TPSA) is 49.8 Å². The SMILES string of the molecule is N#CCc1cccc(F)c1N. The maximum atomic E-state index is 12.7. The van der Waals surface area contributed by atoms with Crippen molar-refractivity contribution in [1.82, 2.24) is 0 Å². The Morgan fingerprint density at radius 1 is 1.55 bits per heavy atom. The predicted octanol–water partition coefficient (Wildman–Crippen LogP) is 1.47. The summed E-state index contributed by atoms with van der Waals surface area (Å²) in [6.45, 7) is 0. The predicted molar refractivity (Wildman–Crippen MR) is 40.1 cm³/mol. The Morgan fingerprint density at radius 2 is 2.27 bits per heavy atom. The lowest BCUT2D eigenvalue weighted by Gasteiger charge is -2.00. The maximum Gasteiger partial charge on any atom is 0.146 e. The largest absolute Gasteiger partial charge is 0.396 e. The summed E-state index contributed by atoms with van der Waals surface area (Å²) in [4.78, 5) is 0. The van der Waals surface area contributed by atoms with Gasteiger partial charge in [0.1, 0.15) is 5.82 Å². The highest BCUT2D eigenvalue weighted by Crippen LogP contribution is 2.15. The molecule has 0 atom stereocenters. The van der Waals surface area contributed by atoms with Crippen LogP contribution in [0.25, 0.3) is 0 Å². The summed E-state index contributed by atoms with van der Waals surface area (Å²) in [6, 6.07) is 6.36. The molecular formula is C8H7FN2. The molecule has 0 radical (unpaired) electrons. The standard InChI is InChI=1S/C8H7FN2/c9-7-3-1-2-6(4-5-10)8(7)11/h1-3H,4,11H2. The Bertz CT molecular complexity index is 301. The molecular weight excluding hydrogens is 143 g/mol. The van der Waals surface area contributed by atoms with E-state index in [0.717, 1.165) is 0 Å². The number of benzene rings is 1. The average Bonchev–Trinajstić information content (AvgIpc) is 1.99. The molecule has 0 aliphatic heterocycles. The van der Waals surface area contributed by atoms with Gasteiger partial charge in [-0.15, -0.1) is 0 Å². The number of nitrogens with two attached hydrogens (primary N) is 1. The van der Waals surface area contributed by atoms with Crippen LogP contribution in [-0.4, -0.2) is 0 Å². The molecule has 0 unspecified atom stereocenters. The molecule has 0 amide bonds. The quantitative estimate of drug-likeness (QED) is 0.616. The van der Waals surface area contributed by atoms with E-state index in [4.69, 9.17) is 11.0 Å². The number of hydrogen-bond donors (Lipinski definition) is 1. The molecule has 0 heterocycles. The van der Waals surface area contributed by atoms with Crippen LogP contribution in [0.5, 0.6) is 0 Å². The molecule has 0 saturated carbocycles. The smallest absolute Gasteiger partial charge is 0.146 e. The first-order valence-electron chi connectivity index (χ1n) is 3.15. The molecule has 2 nitrogen and oxygen atoms in total. The van der Waals surface area contributed by atoms with Gasteiger partial charge in [-0.1, -0.05) is 12.1 Å². The van der Waals surface area contributed by atoms with Gasteiger partial charge in [-0.25, -0.2) is 4.39 Å². The van der Waals surface area contributed by atoms with Crippen LogP contribution in [-0.2, 0) is 6.42 Å². The van der Waals surface area contributed by atoms with Crippen LogP contribution in [0.1, 0.15) is 5.56 Å². The van der Waals surface area contributed by atoms with E-state index in [0.29, 0.717) is 5.56 Å². The van der Waals surface area contributed by atoms with E-state index in [2.05, 4.69) is 0 Å². The molecule has 0 spiro atoms. The van der Waals surface area contributed by atoms with E-state index in [9.17, 15) is 4.39 Å². The molecule has 0 aliphatic rings. The molecule has 0 fully saturated rings. The van der Waals surface area contributed by atoms with Gasteiger partial charge in [0, 0.05) is 0 Å². The Labute approximate surface area is 64.1 Å². The molecule has 0 bridgehead atoms. The molecule has 1 aromatic rings. The van der Waals surface area contributed by atoms with E-state index in [1.54, 1.807) is 12.1 Å². The fraction of sp³-hybridized carbons (Fsp3) is 0.125. The molecule has 2 N–H and O–H groups in total. The summed E-state index contributed by atoms with van der Waals surface area (Å²) < 4.78 is 12.7. The fourth-order valence-corrected chi connectivity index (χ4v) is 0.821. The van der Waals surface area contributed by atoms with Crippen LogP contribution >= 0.6 is 0 Å². The van der Waals surface area contributed by atoms with Crippen molar-refractivity contribution in [2.45, 2.75) is 6.42 Å². The van der Waals surface area contributed by atoms with Gasteiger partial charge in [-0.05, 0) is 11.6 Å². The number of nitrogen functional groups attached to an aromatic ring is 1. The van der Waals surface area contributed by atoms with Crippen molar-refractivity contribution >= 4 is 5.69 Å². The van der Waals surface area contributed by atoms with Crippen molar-refractivity contribution in [2.24, 2.45) is 0 Å². The Hall–Kier alpha value is -1.56. The minimum atomic E-state index is -0.460. The van der Waals surface area contributed by atoms with Gasteiger partial charge in [0.25, 0.3) is 0 Å². The van der Waals surface area contributed by atoms with Gasteiger partial charge < -0.3 is 5.73 Å². The summed E-state index contributed by atoms with van der Waals surface area (Å²) in [5.74, 6) is -0.460. The van der Waals surface area contributed by atoms with Crippen LogP contribution in [0.3, 0.4) is 0 Å². The Balaban J connectivity index is 3.08. The highest BCUT2D eigenvalue weighted by molar-refractivity contribution is 5.48. The molecule has 3 heteroatoms. The summed E-state index contributed by atoms with van der Waals surface area (Å²) in [6.07, 6.45) is 0.156. The second kappa shape index (κ2) is 3.02. The Kier molecular flexibility index (Phi) is 2.07. The first-order chi connectivity index (χ1) is 5.25. The van der Waals surface area contributed by atoms with Crippen LogP contribution in [0.15, 0.2) is 18.2 Å². The number of hydrogen-bond acceptors (Lipinski definition) is 2. The first-order valence-corrected chi connectivity index (χ1v) is 3.15. The third-order valence-electron chi connectivity index (χ3n) is 1.41. The van der Waals surface area contributed by atoms with Crippen LogP contribution in [0.4, 0.5) is 10.1 Å². The number of anilines is 1. The lowest BCUT2D eigenvalue weighted by Crippen LogP contribution is -1.96. The van der Waals surface area contributed by atoms with Crippen LogP contribution in [0.2, 0.25) is 0 Å². The zero-order chi connectivity index (χ0) is 8.27. The van der Waals surface area contributed by atoms with Gasteiger partial charge in [0.2, 0.25) is 0 Å². The highest BCUT2D eigenvalue weighted by Gasteiger charge is 2.01. The maximum absolute atomic E-state index is 12.7. The third kappa shape index (κ3) is 1.47. The second-order valence-electron chi connectivity index (χ2n) is 2.15. The second-order valence-corrected chi connectivity index (χ2v) is 2.15. The number of nitriles is 1. The molecule has 1 rings (SSSR count). The summed E-state index contributed by atoms with van der Waals surface area (Å²) in [5.41, 5.74) is 5.97. The minimum absolute atomic E-state index is 0.0778. The van der Waals surface area contributed by atoms with Gasteiger partial charge in [-0.3, -0.25) is 0 Å². The lowest BCUT2D eigenvalue weighted by atomic mass is 10.1. The lowest BCUT2D eigenvalue weighted by molar-refractivity contribution is 0.631. The molecule has 0 aliphatic carbocycles. The Morgan fingerprint density at radius 3 is 2.91 bits per heavy atom. The van der Waals surface area contributed by atoms with Gasteiger partial charge in [0.15, 0.2) is 0 Å². The fourth-order valence-electron chi connectivity index (χ4n) is 0.821. The summed E-state index contributed by atoms with van der Waals surface area (Å²) >= 11 is 0. The number of rotatable bonds is 1. The van der Waals surface area contributed by atoms with E-state index < -0.39 is 5.82 Å². The van der Waals surface area contributed by atoms with Gasteiger partial charge in [0.05, 0.1) is 18.2 Å². The molecule has 11 heavy (non-hydrogen) atoms. The third-order valence-corrected chi connectivity index (χ3v) is 1.41.